The summed E-state index contributed by atoms with van der Waals surface area (Å²) < 4.78 is 5.43. The smallest absolute Gasteiger partial charge is 0.257 e. The van der Waals surface area contributed by atoms with E-state index in [0.717, 1.165) is 24.7 Å². The number of nitrogens with zero attached hydrogens (tertiary/aromatic N) is 1. The van der Waals surface area contributed by atoms with E-state index in [-0.39, 0.29) is 11.0 Å². The molecule has 6 heteroatoms. The van der Waals surface area contributed by atoms with Gasteiger partial charge in [0.15, 0.2) is 5.11 Å². The van der Waals surface area contributed by atoms with E-state index in [0.29, 0.717) is 17.9 Å². The van der Waals surface area contributed by atoms with Crippen LogP contribution in [0.15, 0.2) is 48.5 Å². The number of thiocarbonyl (C=S) groups is 1. The number of benzene rings is 2. The maximum absolute atomic E-state index is 12.4. The van der Waals surface area contributed by atoms with Gasteiger partial charge in [-0.1, -0.05) is 13.0 Å². The highest BCUT2D eigenvalue weighted by atomic mass is 32.1. The highest BCUT2D eigenvalue weighted by Crippen LogP contribution is 2.24. The highest BCUT2D eigenvalue weighted by molar-refractivity contribution is 7.80. The Bertz CT molecular complexity index is 815. The van der Waals surface area contributed by atoms with E-state index < -0.39 is 0 Å². The molecule has 0 saturated carbocycles. The molecule has 1 amide bonds. The first-order valence-electron chi connectivity index (χ1n) is 9.75. The third-order valence-corrected chi connectivity index (χ3v) is 5.11. The molecule has 3 rings (SSSR count). The number of nitrogens with one attached hydrogen (secondary N) is 2. The van der Waals surface area contributed by atoms with Gasteiger partial charge in [0, 0.05) is 30.0 Å². The van der Waals surface area contributed by atoms with Crippen LogP contribution < -0.4 is 20.3 Å². The fourth-order valence-electron chi connectivity index (χ4n) is 3.25. The number of ether oxygens (including phenoxy) is 1. The van der Waals surface area contributed by atoms with Gasteiger partial charge in [-0.2, -0.15) is 0 Å². The molecule has 5 nitrogen and oxygen atoms in total. The molecule has 2 aromatic rings. The molecule has 1 saturated heterocycles. The van der Waals surface area contributed by atoms with Crippen LogP contribution in [0, 0.1) is 5.92 Å². The molecular weight excluding hydrogens is 370 g/mol. The predicted molar refractivity (Wildman–Crippen MR) is 118 cm³/mol. The third kappa shape index (κ3) is 5.45. The Kier molecular flexibility index (Phi) is 6.87. The van der Waals surface area contributed by atoms with Crippen LogP contribution in [0.3, 0.4) is 0 Å². The molecule has 0 bridgehead atoms. The van der Waals surface area contributed by atoms with Gasteiger partial charge in [0.25, 0.3) is 5.91 Å². The van der Waals surface area contributed by atoms with Crippen molar-refractivity contribution >= 4 is 34.6 Å². The maximum Gasteiger partial charge on any atom is 0.257 e. The van der Waals surface area contributed by atoms with Gasteiger partial charge in [0.2, 0.25) is 0 Å². The Morgan fingerprint density at radius 1 is 1.18 bits per heavy atom. The summed E-state index contributed by atoms with van der Waals surface area (Å²) in [6, 6.07) is 15.2. The van der Waals surface area contributed by atoms with Gasteiger partial charge in [-0.05, 0) is 80.4 Å². The number of piperidine rings is 1. The summed E-state index contributed by atoms with van der Waals surface area (Å²) in [6.45, 7) is 6.97. The SMILES string of the molecule is CCOc1cccc(C(=O)NC(=S)Nc2ccc(N3CCC(C)CC3)cc2)c1. The van der Waals surface area contributed by atoms with Crippen molar-refractivity contribution in [1.29, 1.82) is 0 Å². The van der Waals surface area contributed by atoms with Crippen molar-refractivity contribution < 1.29 is 9.53 Å². The Morgan fingerprint density at radius 3 is 2.57 bits per heavy atom. The minimum absolute atomic E-state index is 0.266. The average molecular weight is 398 g/mol. The Labute approximate surface area is 172 Å². The predicted octanol–water partition coefficient (Wildman–Crippen LogP) is 4.45. The van der Waals surface area contributed by atoms with E-state index in [1.54, 1.807) is 18.2 Å². The van der Waals surface area contributed by atoms with E-state index in [9.17, 15) is 4.79 Å². The lowest BCUT2D eigenvalue weighted by Crippen LogP contribution is -2.34. The number of hydrogen-bond acceptors (Lipinski definition) is 4. The zero-order valence-corrected chi connectivity index (χ0v) is 17.2. The minimum atomic E-state index is -0.266. The zero-order chi connectivity index (χ0) is 19.9. The molecule has 1 heterocycles. The maximum atomic E-state index is 12.4. The van der Waals surface area contributed by atoms with E-state index in [2.05, 4.69) is 34.6 Å². The number of hydrogen-bond donors (Lipinski definition) is 2. The molecule has 0 radical (unpaired) electrons. The quantitative estimate of drug-likeness (QED) is 0.730. The molecule has 148 valence electrons. The number of anilines is 2. The minimum Gasteiger partial charge on any atom is -0.494 e. The van der Waals surface area contributed by atoms with E-state index in [4.69, 9.17) is 17.0 Å². The third-order valence-electron chi connectivity index (χ3n) is 4.91. The first-order valence-corrected chi connectivity index (χ1v) is 10.2. The average Bonchev–Trinajstić information content (AvgIpc) is 2.70. The normalized spacial score (nSPS) is 14.4. The largest absolute Gasteiger partial charge is 0.494 e. The summed E-state index contributed by atoms with van der Waals surface area (Å²) in [4.78, 5) is 14.8. The van der Waals surface area contributed by atoms with Gasteiger partial charge >= 0.3 is 0 Å². The second kappa shape index (κ2) is 9.55. The lowest BCUT2D eigenvalue weighted by Gasteiger charge is -2.32. The monoisotopic (exact) mass is 397 g/mol. The zero-order valence-electron chi connectivity index (χ0n) is 16.4. The fraction of sp³-hybridized carbons (Fsp3) is 0.364. The Hall–Kier alpha value is -2.60. The number of rotatable bonds is 5. The number of carbonyl (C=O) groups excluding carboxylic acids is 1. The van der Waals surface area contributed by atoms with Gasteiger partial charge in [-0.25, -0.2) is 0 Å². The van der Waals surface area contributed by atoms with Crippen molar-refractivity contribution in [1.82, 2.24) is 5.32 Å². The second-order valence-electron chi connectivity index (χ2n) is 7.09. The molecule has 0 atom stereocenters. The van der Waals surface area contributed by atoms with Gasteiger partial charge in [0.05, 0.1) is 6.61 Å². The van der Waals surface area contributed by atoms with Crippen molar-refractivity contribution in [3.8, 4) is 5.75 Å². The lowest BCUT2D eigenvalue weighted by molar-refractivity contribution is 0.0977. The standard InChI is InChI=1S/C22H27N3O2S/c1-3-27-20-6-4-5-17(15-20)21(26)24-22(28)23-18-7-9-19(10-8-18)25-13-11-16(2)12-14-25/h4-10,15-16H,3,11-14H2,1-2H3,(H2,23,24,26,28). The van der Waals surface area contributed by atoms with E-state index in [1.807, 2.05) is 25.1 Å². The summed E-state index contributed by atoms with van der Waals surface area (Å²) in [5.41, 5.74) is 2.58. The van der Waals surface area contributed by atoms with Crippen molar-refractivity contribution in [2.75, 3.05) is 29.9 Å². The fourth-order valence-corrected chi connectivity index (χ4v) is 3.46. The van der Waals surface area contributed by atoms with E-state index >= 15 is 0 Å². The molecule has 0 aromatic heterocycles. The van der Waals surface area contributed by atoms with Crippen molar-refractivity contribution in [2.24, 2.45) is 5.92 Å². The highest BCUT2D eigenvalue weighted by Gasteiger charge is 2.16. The summed E-state index contributed by atoms with van der Waals surface area (Å²) in [7, 11) is 0. The van der Waals surface area contributed by atoms with Crippen LogP contribution in [-0.4, -0.2) is 30.7 Å². The van der Waals surface area contributed by atoms with Crippen LogP contribution in [0.1, 0.15) is 37.0 Å². The lowest BCUT2D eigenvalue weighted by atomic mass is 9.99. The topological polar surface area (TPSA) is 53.6 Å². The van der Waals surface area contributed by atoms with Crippen LogP contribution in [0.25, 0.3) is 0 Å². The summed E-state index contributed by atoms with van der Waals surface area (Å²) in [6.07, 6.45) is 2.47. The number of amides is 1. The molecule has 0 spiro atoms. The molecular formula is C22H27N3O2S. The molecule has 28 heavy (non-hydrogen) atoms. The summed E-state index contributed by atoms with van der Waals surface area (Å²) >= 11 is 5.28. The number of carbonyl (C=O) groups is 1. The van der Waals surface area contributed by atoms with Crippen molar-refractivity contribution in [3.05, 3.63) is 54.1 Å². The van der Waals surface area contributed by atoms with Crippen LogP contribution in [0.2, 0.25) is 0 Å². The van der Waals surface area contributed by atoms with Crippen molar-refractivity contribution in [3.63, 3.8) is 0 Å². The molecule has 0 unspecified atom stereocenters. The van der Waals surface area contributed by atoms with Crippen LogP contribution >= 0.6 is 12.2 Å². The molecule has 2 N–H and O–H groups in total. The van der Waals surface area contributed by atoms with Gasteiger partial charge in [-0.3, -0.25) is 10.1 Å². The van der Waals surface area contributed by atoms with E-state index in [1.165, 1.54) is 18.5 Å². The second-order valence-corrected chi connectivity index (χ2v) is 7.49. The van der Waals surface area contributed by atoms with Crippen LogP contribution in [0.4, 0.5) is 11.4 Å². The van der Waals surface area contributed by atoms with Gasteiger partial charge in [-0.15, -0.1) is 0 Å². The van der Waals surface area contributed by atoms with Crippen molar-refractivity contribution in [2.45, 2.75) is 26.7 Å². The summed E-state index contributed by atoms with van der Waals surface area (Å²) in [5.74, 6) is 1.21. The van der Waals surface area contributed by atoms with Gasteiger partial charge < -0.3 is 15.0 Å². The first-order chi connectivity index (χ1) is 13.5. The molecule has 1 aliphatic rings. The molecule has 1 aliphatic heterocycles. The van der Waals surface area contributed by atoms with Gasteiger partial charge in [0.1, 0.15) is 5.75 Å². The van der Waals surface area contributed by atoms with Crippen LogP contribution in [0.5, 0.6) is 5.75 Å². The molecule has 0 aliphatic carbocycles. The summed E-state index contributed by atoms with van der Waals surface area (Å²) in [5, 5.41) is 6.05. The molecule has 2 aromatic carbocycles. The first kappa shape index (κ1) is 20.1. The Morgan fingerprint density at radius 2 is 1.89 bits per heavy atom. The molecule has 1 fully saturated rings. The van der Waals surface area contributed by atoms with Crippen LogP contribution in [-0.2, 0) is 0 Å². The Balaban J connectivity index is 1.54.